The van der Waals surface area contributed by atoms with Gasteiger partial charge >= 0.3 is 0 Å². The van der Waals surface area contributed by atoms with Crippen molar-refractivity contribution >= 4 is 5.91 Å². The molecule has 0 unspecified atom stereocenters. The summed E-state index contributed by atoms with van der Waals surface area (Å²) in [5.74, 6) is -0.336. The van der Waals surface area contributed by atoms with Crippen LogP contribution >= 0.6 is 0 Å². The second kappa shape index (κ2) is 6.57. The third-order valence-corrected chi connectivity index (χ3v) is 4.68. The molecule has 1 amide bonds. The fourth-order valence-electron chi connectivity index (χ4n) is 3.51. The zero-order valence-corrected chi connectivity index (χ0v) is 14.0. The largest absolute Gasteiger partial charge is 0.366 e. The average molecular weight is 311 g/mol. The third kappa shape index (κ3) is 3.03. The summed E-state index contributed by atoms with van der Waals surface area (Å²) in [6.45, 7) is 4.24. The summed E-state index contributed by atoms with van der Waals surface area (Å²) in [5.41, 5.74) is 10.7. The first-order chi connectivity index (χ1) is 11.1. The summed E-state index contributed by atoms with van der Waals surface area (Å²) >= 11 is 0. The van der Waals surface area contributed by atoms with Gasteiger partial charge in [-0.25, -0.2) is 0 Å². The normalized spacial score (nSPS) is 14.2. The SMILES string of the molecule is CCCCCc1c(-c2cccnc2)c(C(N)=O)c(C)n1C1CC1. The van der Waals surface area contributed by atoms with Crippen LogP contribution in [0.1, 0.15) is 66.8 Å². The minimum Gasteiger partial charge on any atom is -0.366 e. The molecule has 0 atom stereocenters. The highest BCUT2D eigenvalue weighted by atomic mass is 16.1. The number of aromatic nitrogens is 2. The van der Waals surface area contributed by atoms with Gasteiger partial charge in [0, 0.05) is 41.0 Å². The maximum absolute atomic E-state index is 12.1. The number of unbranched alkanes of at least 4 members (excludes halogenated alkanes) is 2. The van der Waals surface area contributed by atoms with Gasteiger partial charge in [-0.15, -0.1) is 0 Å². The predicted octanol–water partition coefficient (Wildman–Crippen LogP) is 4.03. The number of nitrogens with zero attached hydrogens (tertiary/aromatic N) is 2. The minimum atomic E-state index is -0.336. The van der Waals surface area contributed by atoms with Gasteiger partial charge in [0.15, 0.2) is 0 Å². The molecule has 4 heteroatoms. The molecule has 1 aliphatic carbocycles. The number of carbonyl (C=O) groups excluding carboxylic acids is 1. The smallest absolute Gasteiger partial charge is 0.251 e. The van der Waals surface area contributed by atoms with Gasteiger partial charge in [0.2, 0.25) is 0 Å². The molecule has 1 saturated carbocycles. The van der Waals surface area contributed by atoms with E-state index < -0.39 is 0 Å². The van der Waals surface area contributed by atoms with E-state index in [4.69, 9.17) is 5.73 Å². The lowest BCUT2D eigenvalue weighted by atomic mass is 9.98. The molecule has 3 rings (SSSR count). The number of amides is 1. The molecule has 0 spiro atoms. The van der Waals surface area contributed by atoms with Crippen molar-refractivity contribution in [3.8, 4) is 11.1 Å². The number of carbonyl (C=O) groups is 1. The average Bonchev–Trinajstić information content (AvgIpc) is 3.32. The molecule has 1 aliphatic rings. The van der Waals surface area contributed by atoms with Crippen LogP contribution in [0.15, 0.2) is 24.5 Å². The fraction of sp³-hybridized carbons (Fsp3) is 0.474. The Morgan fingerprint density at radius 3 is 2.74 bits per heavy atom. The quantitative estimate of drug-likeness (QED) is 0.785. The summed E-state index contributed by atoms with van der Waals surface area (Å²) in [4.78, 5) is 16.4. The zero-order chi connectivity index (χ0) is 16.4. The summed E-state index contributed by atoms with van der Waals surface area (Å²) in [5, 5.41) is 0. The second-order valence-electron chi connectivity index (χ2n) is 6.45. The van der Waals surface area contributed by atoms with Crippen molar-refractivity contribution in [2.45, 2.75) is 58.4 Å². The van der Waals surface area contributed by atoms with Crippen molar-refractivity contribution in [2.24, 2.45) is 5.73 Å². The van der Waals surface area contributed by atoms with Gasteiger partial charge in [-0.05, 0) is 38.7 Å². The Bertz CT molecular complexity index is 699. The number of hydrogen-bond donors (Lipinski definition) is 1. The fourth-order valence-corrected chi connectivity index (χ4v) is 3.51. The van der Waals surface area contributed by atoms with E-state index in [0.29, 0.717) is 11.6 Å². The highest BCUT2D eigenvalue weighted by Crippen LogP contribution is 2.43. The zero-order valence-electron chi connectivity index (χ0n) is 14.0. The van der Waals surface area contributed by atoms with Crippen molar-refractivity contribution in [2.75, 3.05) is 0 Å². The highest BCUT2D eigenvalue weighted by Gasteiger charge is 2.32. The first kappa shape index (κ1) is 15.8. The highest BCUT2D eigenvalue weighted by molar-refractivity contribution is 6.02. The van der Waals surface area contributed by atoms with Gasteiger partial charge in [-0.1, -0.05) is 25.8 Å². The predicted molar refractivity (Wildman–Crippen MR) is 92.4 cm³/mol. The molecule has 0 saturated heterocycles. The van der Waals surface area contributed by atoms with Crippen LogP contribution in [0.3, 0.4) is 0 Å². The monoisotopic (exact) mass is 311 g/mol. The first-order valence-electron chi connectivity index (χ1n) is 8.59. The van der Waals surface area contributed by atoms with Crippen LogP contribution in [-0.4, -0.2) is 15.5 Å². The van der Waals surface area contributed by atoms with Gasteiger partial charge in [0.25, 0.3) is 5.91 Å². The lowest BCUT2D eigenvalue weighted by Crippen LogP contribution is -2.13. The van der Waals surface area contributed by atoms with Crippen molar-refractivity contribution in [3.63, 3.8) is 0 Å². The molecule has 2 aromatic rings. The summed E-state index contributed by atoms with van der Waals surface area (Å²) in [6, 6.07) is 4.48. The van der Waals surface area contributed by atoms with E-state index in [1.165, 1.54) is 31.4 Å². The minimum absolute atomic E-state index is 0.336. The Labute approximate surface area is 137 Å². The molecular formula is C19H25N3O. The molecule has 0 aliphatic heterocycles. The van der Waals surface area contributed by atoms with Gasteiger partial charge < -0.3 is 10.3 Å². The summed E-state index contributed by atoms with van der Waals surface area (Å²) < 4.78 is 2.37. The number of pyridine rings is 1. The number of hydrogen-bond acceptors (Lipinski definition) is 2. The summed E-state index contributed by atoms with van der Waals surface area (Å²) in [6.07, 6.45) is 10.5. The number of nitrogens with two attached hydrogens (primary N) is 1. The Morgan fingerprint density at radius 2 is 2.17 bits per heavy atom. The van der Waals surface area contributed by atoms with Crippen LogP contribution in [0.5, 0.6) is 0 Å². The molecule has 2 N–H and O–H groups in total. The van der Waals surface area contributed by atoms with Gasteiger partial charge in [-0.2, -0.15) is 0 Å². The Balaban J connectivity index is 2.16. The van der Waals surface area contributed by atoms with E-state index >= 15 is 0 Å². The molecule has 2 aromatic heterocycles. The maximum atomic E-state index is 12.1. The first-order valence-corrected chi connectivity index (χ1v) is 8.59. The van der Waals surface area contributed by atoms with Crippen LogP contribution in [0, 0.1) is 6.92 Å². The molecule has 0 aromatic carbocycles. The number of rotatable bonds is 7. The van der Waals surface area contributed by atoms with Gasteiger partial charge in [-0.3, -0.25) is 9.78 Å². The van der Waals surface area contributed by atoms with Crippen LogP contribution < -0.4 is 5.73 Å². The van der Waals surface area contributed by atoms with Gasteiger partial charge in [0.05, 0.1) is 5.56 Å². The van der Waals surface area contributed by atoms with Crippen LogP contribution in [0.25, 0.3) is 11.1 Å². The van der Waals surface area contributed by atoms with E-state index in [0.717, 1.165) is 29.7 Å². The van der Waals surface area contributed by atoms with Crippen molar-refractivity contribution in [1.29, 1.82) is 0 Å². The molecule has 0 bridgehead atoms. The topological polar surface area (TPSA) is 60.9 Å². The van der Waals surface area contributed by atoms with E-state index in [-0.39, 0.29) is 5.91 Å². The summed E-state index contributed by atoms with van der Waals surface area (Å²) in [7, 11) is 0. The maximum Gasteiger partial charge on any atom is 0.251 e. The van der Waals surface area contributed by atoms with Gasteiger partial charge in [0.1, 0.15) is 0 Å². The molecule has 23 heavy (non-hydrogen) atoms. The van der Waals surface area contributed by atoms with Crippen molar-refractivity contribution < 1.29 is 4.79 Å². The van der Waals surface area contributed by atoms with Crippen molar-refractivity contribution in [3.05, 3.63) is 41.5 Å². The molecule has 2 heterocycles. The van der Waals surface area contributed by atoms with E-state index in [9.17, 15) is 4.79 Å². The molecule has 0 radical (unpaired) electrons. The lowest BCUT2D eigenvalue weighted by Gasteiger charge is -2.12. The van der Waals surface area contributed by atoms with E-state index in [1.54, 1.807) is 6.20 Å². The molecule has 1 fully saturated rings. The molecule has 4 nitrogen and oxygen atoms in total. The number of primary amides is 1. The Morgan fingerprint density at radius 1 is 1.39 bits per heavy atom. The molecule has 122 valence electrons. The van der Waals surface area contributed by atoms with Crippen LogP contribution in [0.4, 0.5) is 0 Å². The van der Waals surface area contributed by atoms with E-state index in [1.807, 2.05) is 25.3 Å². The second-order valence-corrected chi connectivity index (χ2v) is 6.45. The Hall–Kier alpha value is -2.10. The Kier molecular flexibility index (Phi) is 4.51. The molecular weight excluding hydrogens is 286 g/mol. The van der Waals surface area contributed by atoms with Crippen LogP contribution in [-0.2, 0) is 6.42 Å². The third-order valence-electron chi connectivity index (χ3n) is 4.68. The van der Waals surface area contributed by atoms with E-state index in [2.05, 4.69) is 16.5 Å². The standard InChI is InChI=1S/C19H25N3O/c1-3-4-5-8-16-18(14-7-6-11-21-12-14)17(19(20)23)13(2)22(16)15-9-10-15/h6-7,11-12,15H,3-5,8-10H2,1-2H3,(H2,20,23). The lowest BCUT2D eigenvalue weighted by molar-refractivity contribution is 0.1000. The van der Waals surface area contributed by atoms with Crippen LogP contribution in [0.2, 0.25) is 0 Å². The van der Waals surface area contributed by atoms with Crippen molar-refractivity contribution in [1.82, 2.24) is 9.55 Å².